The van der Waals surface area contributed by atoms with Gasteiger partial charge in [-0.2, -0.15) is 0 Å². The largest absolute Gasteiger partial charge is 0.381 e. The summed E-state index contributed by atoms with van der Waals surface area (Å²) in [6, 6.07) is 10.9. The highest BCUT2D eigenvalue weighted by Crippen LogP contribution is 2.01. The molecule has 24 heavy (non-hydrogen) atoms. The molecular weight excluding hydrogens is 298 g/mol. The van der Waals surface area contributed by atoms with Crippen LogP contribution in [0.1, 0.15) is 46.1 Å². The van der Waals surface area contributed by atoms with Crippen LogP contribution in [0.4, 0.5) is 0 Å². The van der Waals surface area contributed by atoms with E-state index in [0.29, 0.717) is 12.0 Å². The van der Waals surface area contributed by atoms with Gasteiger partial charge in [0.15, 0.2) is 5.96 Å². The Morgan fingerprint density at radius 1 is 1.08 bits per heavy atom. The van der Waals surface area contributed by atoms with Gasteiger partial charge in [-0.15, -0.1) is 0 Å². The number of ether oxygens (including phenoxy) is 1. The van der Waals surface area contributed by atoms with Gasteiger partial charge in [0, 0.05) is 25.7 Å². The summed E-state index contributed by atoms with van der Waals surface area (Å²) in [4.78, 5) is 4.64. The number of rotatable bonds is 11. The van der Waals surface area contributed by atoms with E-state index in [0.717, 1.165) is 51.5 Å². The number of hydrogen-bond donors (Lipinski definition) is 2. The van der Waals surface area contributed by atoms with Crippen LogP contribution >= 0.6 is 0 Å². The van der Waals surface area contributed by atoms with Crippen LogP contribution in [0.5, 0.6) is 0 Å². The molecule has 0 spiro atoms. The van der Waals surface area contributed by atoms with Gasteiger partial charge in [0.1, 0.15) is 0 Å². The van der Waals surface area contributed by atoms with Crippen LogP contribution in [0.2, 0.25) is 0 Å². The molecule has 0 fully saturated rings. The highest BCUT2D eigenvalue weighted by molar-refractivity contribution is 5.80. The number of nitrogens with zero attached hydrogens (tertiary/aromatic N) is 1. The zero-order chi connectivity index (χ0) is 17.6. The standard InChI is InChI=1S/C20H35N3O/c1-5-21-20(23-18(4)17(2)3)22-14-9-10-15-24-16-13-19-11-7-6-8-12-19/h6-8,11-12,17-18H,5,9-10,13-16H2,1-4H3,(H2,21,22,23). The monoisotopic (exact) mass is 333 g/mol. The van der Waals surface area contributed by atoms with Crippen molar-refractivity contribution in [3.05, 3.63) is 35.9 Å². The topological polar surface area (TPSA) is 45.7 Å². The lowest BCUT2D eigenvalue weighted by atomic mass is 10.1. The Balaban J connectivity index is 2.11. The SMILES string of the molecule is CCNC(=NCCCCOCCc1ccccc1)NC(C)C(C)C. The maximum atomic E-state index is 5.71. The summed E-state index contributed by atoms with van der Waals surface area (Å²) in [6.07, 6.45) is 3.09. The second-order valence-electron chi connectivity index (χ2n) is 6.49. The van der Waals surface area contributed by atoms with E-state index in [1.807, 2.05) is 6.07 Å². The van der Waals surface area contributed by atoms with Crippen molar-refractivity contribution in [2.75, 3.05) is 26.3 Å². The molecule has 1 unspecified atom stereocenters. The van der Waals surface area contributed by atoms with E-state index in [1.54, 1.807) is 0 Å². The molecule has 1 rings (SSSR count). The van der Waals surface area contributed by atoms with Gasteiger partial charge in [0.25, 0.3) is 0 Å². The van der Waals surface area contributed by atoms with Crippen LogP contribution in [0.25, 0.3) is 0 Å². The lowest BCUT2D eigenvalue weighted by molar-refractivity contribution is 0.134. The second-order valence-corrected chi connectivity index (χ2v) is 6.49. The molecule has 4 nitrogen and oxygen atoms in total. The van der Waals surface area contributed by atoms with Crippen molar-refractivity contribution >= 4 is 5.96 Å². The molecule has 1 aromatic rings. The molecule has 1 atom stereocenters. The fourth-order valence-electron chi connectivity index (χ4n) is 2.15. The third-order valence-electron chi connectivity index (χ3n) is 4.05. The van der Waals surface area contributed by atoms with Crippen LogP contribution in [0.3, 0.4) is 0 Å². The summed E-state index contributed by atoms with van der Waals surface area (Å²) in [6.45, 7) is 12.1. The van der Waals surface area contributed by atoms with Gasteiger partial charge in [-0.05, 0) is 44.6 Å². The first-order chi connectivity index (χ1) is 11.6. The molecule has 1 aromatic carbocycles. The van der Waals surface area contributed by atoms with E-state index >= 15 is 0 Å². The average molecular weight is 334 g/mol. The van der Waals surface area contributed by atoms with Gasteiger partial charge in [0.2, 0.25) is 0 Å². The highest BCUT2D eigenvalue weighted by atomic mass is 16.5. The van der Waals surface area contributed by atoms with E-state index in [2.05, 4.69) is 67.6 Å². The maximum Gasteiger partial charge on any atom is 0.191 e. The molecule has 0 aromatic heterocycles. The molecule has 0 bridgehead atoms. The molecule has 0 radical (unpaired) electrons. The summed E-state index contributed by atoms with van der Waals surface area (Å²) in [7, 11) is 0. The molecule has 0 saturated carbocycles. The minimum absolute atomic E-state index is 0.420. The van der Waals surface area contributed by atoms with E-state index < -0.39 is 0 Å². The van der Waals surface area contributed by atoms with Crippen molar-refractivity contribution in [1.29, 1.82) is 0 Å². The predicted molar refractivity (Wildman–Crippen MR) is 104 cm³/mol. The minimum Gasteiger partial charge on any atom is -0.381 e. The van der Waals surface area contributed by atoms with E-state index in [1.165, 1.54) is 5.56 Å². The van der Waals surface area contributed by atoms with Gasteiger partial charge in [0.05, 0.1) is 6.61 Å². The lowest BCUT2D eigenvalue weighted by Gasteiger charge is -2.20. The third kappa shape index (κ3) is 9.56. The lowest BCUT2D eigenvalue weighted by Crippen LogP contribution is -2.44. The normalized spacial score (nSPS) is 13.1. The third-order valence-corrected chi connectivity index (χ3v) is 4.05. The molecule has 0 saturated heterocycles. The first-order valence-corrected chi connectivity index (χ1v) is 9.30. The Labute approximate surface area is 148 Å². The zero-order valence-electron chi connectivity index (χ0n) is 15.8. The summed E-state index contributed by atoms with van der Waals surface area (Å²) in [5, 5.41) is 6.76. The molecule has 0 aliphatic carbocycles. The van der Waals surface area contributed by atoms with Crippen molar-refractivity contribution in [2.24, 2.45) is 10.9 Å². The summed E-state index contributed by atoms with van der Waals surface area (Å²) < 4.78 is 5.71. The molecule has 0 amide bonds. The zero-order valence-corrected chi connectivity index (χ0v) is 15.8. The first kappa shape index (κ1) is 20.5. The van der Waals surface area contributed by atoms with Gasteiger partial charge in [-0.3, -0.25) is 4.99 Å². The van der Waals surface area contributed by atoms with Crippen LogP contribution < -0.4 is 10.6 Å². The number of benzene rings is 1. The Bertz CT molecular complexity index is 445. The number of guanidine groups is 1. The molecule has 0 aliphatic heterocycles. The van der Waals surface area contributed by atoms with E-state index in [4.69, 9.17) is 4.74 Å². The molecule has 0 aliphatic rings. The molecular formula is C20H35N3O. The first-order valence-electron chi connectivity index (χ1n) is 9.30. The number of aliphatic imine (C=N–C) groups is 1. The van der Waals surface area contributed by atoms with E-state index in [-0.39, 0.29) is 0 Å². The van der Waals surface area contributed by atoms with Crippen LogP contribution in [0.15, 0.2) is 35.3 Å². The Morgan fingerprint density at radius 3 is 2.50 bits per heavy atom. The maximum absolute atomic E-state index is 5.71. The van der Waals surface area contributed by atoms with Crippen molar-refractivity contribution in [1.82, 2.24) is 10.6 Å². The average Bonchev–Trinajstić information content (AvgIpc) is 2.58. The number of unbranched alkanes of at least 4 members (excludes halogenated alkanes) is 1. The van der Waals surface area contributed by atoms with Crippen molar-refractivity contribution in [3.8, 4) is 0 Å². The second kappa shape index (κ2) is 12.8. The minimum atomic E-state index is 0.420. The van der Waals surface area contributed by atoms with E-state index in [9.17, 15) is 0 Å². The van der Waals surface area contributed by atoms with Crippen LogP contribution in [-0.2, 0) is 11.2 Å². The quantitative estimate of drug-likeness (QED) is 0.369. The van der Waals surface area contributed by atoms with Gasteiger partial charge < -0.3 is 15.4 Å². The number of nitrogens with one attached hydrogen (secondary N) is 2. The fourth-order valence-corrected chi connectivity index (χ4v) is 2.15. The molecule has 2 N–H and O–H groups in total. The van der Waals surface area contributed by atoms with Crippen molar-refractivity contribution in [3.63, 3.8) is 0 Å². The Hall–Kier alpha value is -1.55. The summed E-state index contributed by atoms with van der Waals surface area (Å²) >= 11 is 0. The Kier molecular flexibility index (Phi) is 10.9. The van der Waals surface area contributed by atoms with Gasteiger partial charge in [-0.1, -0.05) is 44.2 Å². The van der Waals surface area contributed by atoms with Crippen LogP contribution in [-0.4, -0.2) is 38.3 Å². The fraction of sp³-hybridized carbons (Fsp3) is 0.650. The summed E-state index contributed by atoms with van der Waals surface area (Å²) in [5.41, 5.74) is 1.34. The van der Waals surface area contributed by atoms with Crippen molar-refractivity contribution in [2.45, 2.75) is 53.0 Å². The number of hydrogen-bond acceptors (Lipinski definition) is 2. The van der Waals surface area contributed by atoms with Gasteiger partial charge >= 0.3 is 0 Å². The summed E-state index contributed by atoms with van der Waals surface area (Å²) in [5.74, 6) is 1.51. The Morgan fingerprint density at radius 2 is 1.83 bits per heavy atom. The van der Waals surface area contributed by atoms with Gasteiger partial charge in [-0.25, -0.2) is 0 Å². The predicted octanol–water partition coefficient (Wildman–Crippen LogP) is 3.63. The van der Waals surface area contributed by atoms with Crippen molar-refractivity contribution < 1.29 is 4.74 Å². The molecule has 0 heterocycles. The smallest absolute Gasteiger partial charge is 0.191 e. The molecule has 136 valence electrons. The molecule has 4 heteroatoms. The highest BCUT2D eigenvalue weighted by Gasteiger charge is 2.08. The van der Waals surface area contributed by atoms with Crippen LogP contribution in [0, 0.1) is 5.92 Å².